The van der Waals surface area contributed by atoms with Gasteiger partial charge in [-0.25, -0.2) is 4.98 Å². The molecule has 3 unspecified atom stereocenters. The molecule has 0 aromatic carbocycles. The van der Waals surface area contributed by atoms with Crippen molar-refractivity contribution >= 4 is 17.7 Å². The summed E-state index contributed by atoms with van der Waals surface area (Å²) in [4.78, 5) is 19.1. The zero-order valence-corrected chi connectivity index (χ0v) is 14.1. The van der Waals surface area contributed by atoms with Gasteiger partial charge in [-0.2, -0.15) is 11.8 Å². The Morgan fingerprint density at radius 2 is 2.05 bits per heavy atom. The highest BCUT2D eigenvalue weighted by molar-refractivity contribution is 7.99. The van der Waals surface area contributed by atoms with Crippen LogP contribution in [0.3, 0.4) is 0 Å². The fourth-order valence-corrected chi connectivity index (χ4v) is 4.42. The number of amides is 1. The Balaban J connectivity index is 1.67. The highest BCUT2D eigenvalue weighted by Crippen LogP contribution is 2.25. The molecule has 2 fully saturated rings. The SMILES string of the molecule is CC1CCCC(C)N1C(=O)c1ccc(OC2CCSC2)nc1. The Labute approximate surface area is 136 Å². The predicted molar refractivity (Wildman–Crippen MR) is 89.5 cm³/mol. The number of nitrogens with zero attached hydrogens (tertiary/aromatic N) is 2. The Morgan fingerprint density at radius 1 is 1.27 bits per heavy atom. The van der Waals surface area contributed by atoms with Crippen LogP contribution in [0.4, 0.5) is 0 Å². The topological polar surface area (TPSA) is 42.4 Å². The second kappa shape index (κ2) is 6.90. The van der Waals surface area contributed by atoms with Crippen molar-refractivity contribution in [3.05, 3.63) is 23.9 Å². The summed E-state index contributed by atoms with van der Waals surface area (Å²) < 4.78 is 5.84. The zero-order chi connectivity index (χ0) is 15.5. The second-order valence-corrected chi connectivity index (χ2v) is 7.48. The molecule has 5 heteroatoms. The van der Waals surface area contributed by atoms with Gasteiger partial charge in [0, 0.05) is 30.1 Å². The molecule has 2 aliphatic heterocycles. The number of carbonyl (C=O) groups excluding carboxylic acids is 1. The van der Waals surface area contributed by atoms with E-state index in [0.717, 1.165) is 30.8 Å². The van der Waals surface area contributed by atoms with Crippen molar-refractivity contribution in [2.24, 2.45) is 0 Å². The molecule has 0 saturated carbocycles. The molecule has 2 saturated heterocycles. The molecule has 3 atom stereocenters. The molecule has 0 radical (unpaired) electrons. The molecule has 1 aromatic heterocycles. The van der Waals surface area contributed by atoms with Gasteiger partial charge in [0.05, 0.1) is 5.56 Å². The van der Waals surface area contributed by atoms with Crippen LogP contribution < -0.4 is 4.74 Å². The highest BCUT2D eigenvalue weighted by Gasteiger charge is 2.29. The van der Waals surface area contributed by atoms with E-state index in [1.54, 1.807) is 6.20 Å². The molecule has 0 aliphatic carbocycles. The van der Waals surface area contributed by atoms with Gasteiger partial charge < -0.3 is 9.64 Å². The molecule has 0 N–H and O–H groups in total. The Kier molecular flexibility index (Phi) is 4.91. The quantitative estimate of drug-likeness (QED) is 0.856. The lowest BCUT2D eigenvalue weighted by Gasteiger charge is -2.39. The van der Waals surface area contributed by atoms with E-state index in [1.165, 1.54) is 6.42 Å². The van der Waals surface area contributed by atoms with Crippen LogP contribution >= 0.6 is 11.8 Å². The first-order valence-electron chi connectivity index (χ1n) is 8.18. The van der Waals surface area contributed by atoms with Gasteiger partial charge in [-0.3, -0.25) is 4.79 Å². The van der Waals surface area contributed by atoms with Crippen LogP contribution in [-0.2, 0) is 0 Å². The number of likely N-dealkylation sites (tertiary alicyclic amines) is 1. The molecule has 22 heavy (non-hydrogen) atoms. The number of rotatable bonds is 3. The minimum Gasteiger partial charge on any atom is -0.473 e. The van der Waals surface area contributed by atoms with Gasteiger partial charge in [0.15, 0.2) is 0 Å². The summed E-state index contributed by atoms with van der Waals surface area (Å²) in [5.41, 5.74) is 0.661. The summed E-state index contributed by atoms with van der Waals surface area (Å²) in [5.74, 6) is 2.91. The van der Waals surface area contributed by atoms with Crippen molar-refractivity contribution in [3.8, 4) is 5.88 Å². The van der Waals surface area contributed by atoms with Gasteiger partial charge >= 0.3 is 0 Å². The largest absolute Gasteiger partial charge is 0.473 e. The molecule has 2 aliphatic rings. The van der Waals surface area contributed by atoms with Crippen molar-refractivity contribution in [2.75, 3.05) is 11.5 Å². The standard InChI is InChI=1S/C17H24N2O2S/c1-12-4-3-5-13(2)19(12)17(20)14-6-7-16(18-10-14)21-15-8-9-22-11-15/h6-7,10,12-13,15H,3-5,8-9,11H2,1-2H3. The molecule has 4 nitrogen and oxygen atoms in total. The molecule has 3 rings (SSSR count). The number of pyridine rings is 1. The molecule has 0 spiro atoms. The van der Waals surface area contributed by atoms with E-state index in [-0.39, 0.29) is 12.0 Å². The van der Waals surface area contributed by atoms with Crippen molar-refractivity contribution < 1.29 is 9.53 Å². The minimum absolute atomic E-state index is 0.0928. The van der Waals surface area contributed by atoms with Crippen LogP contribution in [0.5, 0.6) is 5.88 Å². The maximum atomic E-state index is 12.7. The van der Waals surface area contributed by atoms with E-state index < -0.39 is 0 Å². The van der Waals surface area contributed by atoms with Gasteiger partial charge in [0.25, 0.3) is 5.91 Å². The first-order valence-corrected chi connectivity index (χ1v) is 9.33. The lowest BCUT2D eigenvalue weighted by molar-refractivity contribution is 0.0510. The van der Waals surface area contributed by atoms with Crippen LogP contribution in [0, 0.1) is 0 Å². The third-order valence-electron chi connectivity index (χ3n) is 4.59. The van der Waals surface area contributed by atoms with Gasteiger partial charge in [0.2, 0.25) is 5.88 Å². The van der Waals surface area contributed by atoms with Crippen LogP contribution in [0.1, 0.15) is 49.9 Å². The number of hydrogen-bond acceptors (Lipinski definition) is 4. The van der Waals surface area contributed by atoms with Crippen molar-refractivity contribution in [3.63, 3.8) is 0 Å². The summed E-state index contributed by atoms with van der Waals surface area (Å²) in [6.07, 6.45) is 6.38. The normalized spacial score (nSPS) is 28.6. The average molecular weight is 320 g/mol. The highest BCUT2D eigenvalue weighted by atomic mass is 32.2. The van der Waals surface area contributed by atoms with Gasteiger partial charge in [-0.15, -0.1) is 0 Å². The van der Waals surface area contributed by atoms with Crippen molar-refractivity contribution in [2.45, 2.75) is 57.7 Å². The van der Waals surface area contributed by atoms with Crippen LogP contribution in [0.25, 0.3) is 0 Å². The zero-order valence-electron chi connectivity index (χ0n) is 13.3. The van der Waals surface area contributed by atoms with Crippen molar-refractivity contribution in [1.29, 1.82) is 0 Å². The Morgan fingerprint density at radius 3 is 2.64 bits per heavy atom. The van der Waals surface area contributed by atoms with Gasteiger partial charge in [-0.05, 0) is 51.3 Å². The molecule has 120 valence electrons. The molecular formula is C17H24N2O2S. The summed E-state index contributed by atoms with van der Waals surface area (Å²) in [5, 5.41) is 0. The fourth-order valence-electron chi connectivity index (χ4n) is 3.32. The number of hydrogen-bond donors (Lipinski definition) is 0. The smallest absolute Gasteiger partial charge is 0.255 e. The summed E-state index contributed by atoms with van der Waals surface area (Å²) >= 11 is 1.92. The lowest BCUT2D eigenvalue weighted by Crippen LogP contribution is -2.47. The lowest BCUT2D eigenvalue weighted by atomic mass is 9.96. The van der Waals surface area contributed by atoms with Gasteiger partial charge in [-0.1, -0.05) is 0 Å². The van der Waals surface area contributed by atoms with E-state index in [0.29, 0.717) is 23.5 Å². The van der Waals surface area contributed by atoms with Crippen LogP contribution in [-0.4, -0.2) is 45.5 Å². The first-order chi connectivity index (χ1) is 10.6. The third-order valence-corrected chi connectivity index (χ3v) is 5.72. The van der Waals surface area contributed by atoms with Crippen LogP contribution in [0.2, 0.25) is 0 Å². The van der Waals surface area contributed by atoms with E-state index in [4.69, 9.17) is 4.74 Å². The van der Waals surface area contributed by atoms with Crippen molar-refractivity contribution in [1.82, 2.24) is 9.88 Å². The molecular weight excluding hydrogens is 296 g/mol. The number of ether oxygens (including phenoxy) is 1. The van der Waals surface area contributed by atoms with Gasteiger partial charge in [0.1, 0.15) is 6.10 Å². The third kappa shape index (κ3) is 3.40. The number of carbonyl (C=O) groups is 1. The maximum Gasteiger partial charge on any atom is 0.255 e. The predicted octanol–water partition coefficient (Wildman–Crippen LogP) is 3.37. The Hall–Kier alpha value is -1.23. The van der Waals surface area contributed by atoms with E-state index in [1.807, 2.05) is 28.8 Å². The fraction of sp³-hybridized carbons (Fsp3) is 0.647. The molecule has 1 amide bonds. The monoisotopic (exact) mass is 320 g/mol. The van der Waals surface area contributed by atoms with E-state index >= 15 is 0 Å². The number of aromatic nitrogens is 1. The Bertz CT molecular complexity index is 504. The minimum atomic E-state index is 0.0928. The van der Waals surface area contributed by atoms with E-state index in [9.17, 15) is 4.79 Å². The molecule has 0 bridgehead atoms. The number of thioether (sulfide) groups is 1. The summed E-state index contributed by atoms with van der Waals surface area (Å²) in [7, 11) is 0. The average Bonchev–Trinajstić information content (AvgIpc) is 3.00. The first kappa shape index (κ1) is 15.7. The second-order valence-electron chi connectivity index (χ2n) is 6.33. The molecule has 1 aromatic rings. The summed E-state index contributed by atoms with van der Waals surface area (Å²) in [6.45, 7) is 4.27. The van der Waals surface area contributed by atoms with Crippen LogP contribution in [0.15, 0.2) is 18.3 Å². The number of piperidine rings is 1. The summed E-state index contributed by atoms with van der Waals surface area (Å²) in [6, 6.07) is 4.29. The van der Waals surface area contributed by atoms with E-state index in [2.05, 4.69) is 18.8 Å². The molecule has 3 heterocycles. The maximum absolute atomic E-state index is 12.7.